The monoisotopic (exact) mass is 421 g/mol. The summed E-state index contributed by atoms with van der Waals surface area (Å²) in [6, 6.07) is 12.4. The molecule has 1 atom stereocenters. The molecular weight excluding hydrogens is 401 g/mol. The maximum atomic E-state index is 12.8. The van der Waals surface area contributed by atoms with E-state index in [1.807, 2.05) is 18.4 Å². The van der Waals surface area contributed by atoms with Crippen LogP contribution in [-0.2, 0) is 14.3 Å². The highest BCUT2D eigenvalue weighted by Gasteiger charge is 2.18. The average molecular weight is 422 g/mol. The van der Waals surface area contributed by atoms with Crippen LogP contribution in [0.1, 0.15) is 17.3 Å². The number of Topliss-reactive ketones (excluding diaryl/α,β-unsaturated/α-hetero) is 1. The van der Waals surface area contributed by atoms with Crippen molar-refractivity contribution in [2.45, 2.75) is 17.1 Å². The van der Waals surface area contributed by atoms with Crippen LogP contribution < -0.4 is 5.32 Å². The smallest absolute Gasteiger partial charge is 0.319 e. The molecule has 2 rings (SSSR count). The van der Waals surface area contributed by atoms with Gasteiger partial charge in [0.15, 0.2) is 12.4 Å². The Labute approximate surface area is 171 Å². The molecule has 0 spiro atoms. The van der Waals surface area contributed by atoms with Gasteiger partial charge < -0.3 is 10.1 Å². The number of nitrogens with one attached hydrogen (secondary N) is 1. The molecule has 0 bridgehead atoms. The zero-order valence-electron chi connectivity index (χ0n) is 15.4. The molecule has 1 unspecified atom stereocenters. The minimum atomic E-state index is -0.606. The van der Waals surface area contributed by atoms with E-state index in [4.69, 9.17) is 4.74 Å². The second-order valence-corrected chi connectivity index (χ2v) is 7.98. The largest absolute Gasteiger partial charge is 0.456 e. The van der Waals surface area contributed by atoms with Crippen molar-refractivity contribution in [3.8, 4) is 0 Å². The predicted molar refractivity (Wildman–Crippen MR) is 110 cm³/mol. The molecule has 0 aliphatic rings. The second kappa shape index (κ2) is 10.9. The molecule has 0 heterocycles. The Morgan fingerprint density at radius 1 is 1.07 bits per heavy atom. The molecule has 0 aliphatic carbocycles. The highest BCUT2D eigenvalue weighted by molar-refractivity contribution is 8.01. The first-order valence-corrected chi connectivity index (χ1v) is 10.7. The zero-order chi connectivity index (χ0) is 20.5. The third-order valence-corrected chi connectivity index (χ3v) is 5.55. The van der Waals surface area contributed by atoms with E-state index in [1.54, 1.807) is 30.8 Å². The topological polar surface area (TPSA) is 72.5 Å². The Kier molecular flexibility index (Phi) is 8.53. The van der Waals surface area contributed by atoms with Crippen LogP contribution in [0, 0.1) is 5.82 Å². The Morgan fingerprint density at radius 3 is 2.32 bits per heavy atom. The van der Waals surface area contributed by atoms with Crippen molar-refractivity contribution in [1.82, 2.24) is 0 Å². The molecule has 2 aromatic carbocycles. The SMILES string of the molecule is CSc1ccc(C(=O)COC(=O)C(C)SCC(=O)Nc2ccc(F)cc2)cc1. The van der Waals surface area contributed by atoms with E-state index >= 15 is 0 Å². The average Bonchev–Trinajstić information content (AvgIpc) is 2.71. The van der Waals surface area contributed by atoms with Crippen LogP contribution in [0.5, 0.6) is 0 Å². The van der Waals surface area contributed by atoms with Crippen molar-refractivity contribution < 1.29 is 23.5 Å². The van der Waals surface area contributed by atoms with E-state index in [9.17, 15) is 18.8 Å². The lowest BCUT2D eigenvalue weighted by molar-refractivity contribution is -0.141. The summed E-state index contributed by atoms with van der Waals surface area (Å²) in [6.45, 7) is 1.26. The molecule has 0 saturated heterocycles. The van der Waals surface area contributed by atoms with Crippen LogP contribution in [0.2, 0.25) is 0 Å². The number of esters is 1. The summed E-state index contributed by atoms with van der Waals surface area (Å²) in [6.07, 6.45) is 1.94. The predicted octanol–water partition coefficient (Wildman–Crippen LogP) is 4.03. The summed E-state index contributed by atoms with van der Waals surface area (Å²) in [5.74, 6) is -1.53. The van der Waals surface area contributed by atoms with Gasteiger partial charge in [-0.25, -0.2) is 4.39 Å². The first kappa shape index (κ1) is 22.0. The minimum absolute atomic E-state index is 0.0255. The standard InChI is InChI=1S/C20H20FNO4S2/c1-13(28-12-19(24)22-16-7-5-15(21)6-8-16)20(25)26-11-18(23)14-3-9-17(27-2)10-4-14/h3-10,13H,11-12H2,1-2H3,(H,22,24). The molecule has 0 saturated carbocycles. The molecule has 1 N–H and O–H groups in total. The van der Waals surface area contributed by atoms with E-state index in [1.165, 1.54) is 24.3 Å². The molecule has 2 aromatic rings. The van der Waals surface area contributed by atoms with Crippen molar-refractivity contribution in [2.75, 3.05) is 23.9 Å². The number of rotatable bonds is 9. The Hall–Kier alpha value is -2.32. The number of halogens is 1. The van der Waals surface area contributed by atoms with E-state index in [0.717, 1.165) is 16.7 Å². The van der Waals surface area contributed by atoms with Gasteiger partial charge in [0.2, 0.25) is 5.91 Å². The molecule has 0 aromatic heterocycles. The van der Waals surface area contributed by atoms with Gasteiger partial charge in [0, 0.05) is 16.1 Å². The summed E-state index contributed by atoms with van der Waals surface area (Å²) in [5, 5.41) is 2.00. The summed E-state index contributed by atoms with van der Waals surface area (Å²) in [5.41, 5.74) is 0.949. The molecule has 0 radical (unpaired) electrons. The van der Waals surface area contributed by atoms with Gasteiger partial charge in [-0.3, -0.25) is 14.4 Å². The number of hydrogen-bond acceptors (Lipinski definition) is 6. The van der Waals surface area contributed by atoms with Gasteiger partial charge in [0.1, 0.15) is 11.1 Å². The summed E-state index contributed by atoms with van der Waals surface area (Å²) < 4.78 is 17.9. The van der Waals surface area contributed by atoms with Gasteiger partial charge in [-0.05, 0) is 49.6 Å². The maximum absolute atomic E-state index is 12.8. The van der Waals surface area contributed by atoms with Crippen molar-refractivity contribution in [2.24, 2.45) is 0 Å². The third-order valence-electron chi connectivity index (χ3n) is 3.68. The number of carbonyl (C=O) groups is 3. The highest BCUT2D eigenvalue weighted by atomic mass is 32.2. The number of thioether (sulfide) groups is 2. The van der Waals surface area contributed by atoms with Gasteiger partial charge in [-0.2, -0.15) is 0 Å². The number of carbonyl (C=O) groups excluding carboxylic acids is 3. The van der Waals surface area contributed by atoms with Crippen LogP contribution in [-0.4, -0.2) is 41.5 Å². The fourth-order valence-corrected chi connectivity index (χ4v) is 3.20. The number of anilines is 1. The molecule has 8 heteroatoms. The van der Waals surface area contributed by atoms with E-state index in [2.05, 4.69) is 5.32 Å². The molecule has 0 aliphatic heterocycles. The second-order valence-electron chi connectivity index (χ2n) is 5.77. The minimum Gasteiger partial charge on any atom is -0.456 e. The molecule has 28 heavy (non-hydrogen) atoms. The number of ether oxygens (including phenoxy) is 1. The molecule has 1 amide bonds. The highest BCUT2D eigenvalue weighted by Crippen LogP contribution is 2.16. The van der Waals surface area contributed by atoms with Crippen molar-refractivity contribution in [3.63, 3.8) is 0 Å². The van der Waals surface area contributed by atoms with Crippen LogP contribution >= 0.6 is 23.5 Å². The van der Waals surface area contributed by atoms with Gasteiger partial charge in [-0.15, -0.1) is 23.5 Å². The summed E-state index contributed by atoms with van der Waals surface area (Å²) >= 11 is 2.66. The number of benzene rings is 2. The lowest BCUT2D eigenvalue weighted by atomic mass is 10.1. The number of hydrogen-bond donors (Lipinski definition) is 1. The van der Waals surface area contributed by atoms with Gasteiger partial charge in [0.25, 0.3) is 0 Å². The Bertz CT molecular complexity index is 825. The van der Waals surface area contributed by atoms with E-state index in [0.29, 0.717) is 11.3 Å². The quantitative estimate of drug-likeness (QED) is 0.374. The van der Waals surface area contributed by atoms with Crippen molar-refractivity contribution >= 4 is 46.9 Å². The van der Waals surface area contributed by atoms with E-state index < -0.39 is 17.0 Å². The number of amides is 1. The van der Waals surface area contributed by atoms with Crippen molar-refractivity contribution in [3.05, 3.63) is 59.9 Å². The first-order chi connectivity index (χ1) is 13.4. The molecular formula is C20H20FNO4S2. The number of ketones is 1. The van der Waals surface area contributed by atoms with Crippen LogP contribution in [0.4, 0.5) is 10.1 Å². The van der Waals surface area contributed by atoms with Gasteiger partial charge >= 0.3 is 5.97 Å². The normalized spacial score (nSPS) is 11.5. The van der Waals surface area contributed by atoms with Crippen molar-refractivity contribution in [1.29, 1.82) is 0 Å². The third kappa shape index (κ3) is 7.01. The van der Waals surface area contributed by atoms with Crippen LogP contribution in [0.25, 0.3) is 0 Å². The van der Waals surface area contributed by atoms with E-state index in [-0.39, 0.29) is 24.1 Å². The first-order valence-electron chi connectivity index (χ1n) is 8.40. The lowest BCUT2D eigenvalue weighted by Crippen LogP contribution is -2.23. The summed E-state index contributed by atoms with van der Waals surface area (Å²) in [7, 11) is 0. The summed E-state index contributed by atoms with van der Waals surface area (Å²) in [4.78, 5) is 37.0. The molecule has 0 fully saturated rings. The van der Waals surface area contributed by atoms with Gasteiger partial charge in [-0.1, -0.05) is 12.1 Å². The van der Waals surface area contributed by atoms with Gasteiger partial charge in [0.05, 0.1) is 5.75 Å². The fourth-order valence-electron chi connectivity index (χ4n) is 2.11. The lowest BCUT2D eigenvalue weighted by Gasteiger charge is -2.11. The fraction of sp³-hybridized carbons (Fsp3) is 0.250. The Morgan fingerprint density at radius 2 is 1.71 bits per heavy atom. The maximum Gasteiger partial charge on any atom is 0.319 e. The Balaban J connectivity index is 1.73. The zero-order valence-corrected chi connectivity index (χ0v) is 17.1. The molecule has 5 nitrogen and oxygen atoms in total. The van der Waals surface area contributed by atoms with Crippen LogP contribution in [0.3, 0.4) is 0 Å². The van der Waals surface area contributed by atoms with Crippen LogP contribution in [0.15, 0.2) is 53.4 Å². The molecule has 148 valence electrons.